The summed E-state index contributed by atoms with van der Waals surface area (Å²) in [6.07, 6.45) is 5.81. The third-order valence-corrected chi connectivity index (χ3v) is 5.03. The zero-order chi connectivity index (χ0) is 18.2. The molecule has 3 nitrogen and oxygen atoms in total. The summed E-state index contributed by atoms with van der Waals surface area (Å²) in [7, 11) is 1.99. The number of nitrogens with two attached hydrogens (primary N) is 1. The number of ketones is 1. The van der Waals surface area contributed by atoms with Crippen LogP contribution in [0.1, 0.15) is 72.3 Å². The van der Waals surface area contributed by atoms with Crippen LogP contribution < -0.4 is 5.73 Å². The molecule has 0 unspecified atom stereocenters. The van der Waals surface area contributed by atoms with Gasteiger partial charge >= 0.3 is 0 Å². The van der Waals surface area contributed by atoms with Crippen LogP contribution in [0.2, 0.25) is 0 Å². The Labute approximate surface area is 152 Å². The van der Waals surface area contributed by atoms with Crippen LogP contribution in [0.25, 0.3) is 0 Å². The molecule has 2 N–H and O–H groups in total. The molecule has 0 aliphatic carbocycles. The van der Waals surface area contributed by atoms with Crippen LogP contribution in [0.15, 0.2) is 36.4 Å². The third kappa shape index (κ3) is 5.30. The second-order valence-electron chi connectivity index (χ2n) is 7.04. The maximum atomic E-state index is 12.6. The lowest BCUT2D eigenvalue weighted by Crippen LogP contribution is -2.17. The molecule has 0 amide bonds. The second-order valence-corrected chi connectivity index (χ2v) is 7.04. The molecule has 0 bridgehead atoms. The minimum atomic E-state index is 0.241. The van der Waals surface area contributed by atoms with Crippen LogP contribution in [0.4, 0.5) is 0 Å². The number of aromatic nitrogens is 1. The standard InChI is InChI=1S/C22H32N2O/c1-4-7-19(16-23)20-14-15-21(24(20)3)22(25)9-6-5-8-18-12-10-17(2)11-13-18/h10-15,19H,4-9,16,23H2,1-3H3/t19-/m0/s1. The number of nitrogens with zero attached hydrogens (tertiary/aromatic N) is 1. The maximum absolute atomic E-state index is 12.6. The number of unbranched alkanes of at least 4 members (excludes halogenated alkanes) is 1. The van der Waals surface area contributed by atoms with Gasteiger partial charge in [0.05, 0.1) is 5.69 Å². The summed E-state index contributed by atoms with van der Waals surface area (Å²) in [5, 5.41) is 0. The molecule has 3 heteroatoms. The lowest BCUT2D eigenvalue weighted by Gasteiger charge is -2.16. The Morgan fingerprint density at radius 1 is 1.12 bits per heavy atom. The summed E-state index contributed by atoms with van der Waals surface area (Å²) >= 11 is 0. The molecule has 0 fully saturated rings. The van der Waals surface area contributed by atoms with Gasteiger partial charge in [0.1, 0.15) is 0 Å². The first-order chi connectivity index (χ1) is 12.1. The van der Waals surface area contributed by atoms with Gasteiger partial charge in [0.2, 0.25) is 0 Å². The smallest absolute Gasteiger partial charge is 0.179 e. The van der Waals surface area contributed by atoms with Crippen molar-refractivity contribution >= 4 is 5.78 Å². The van der Waals surface area contributed by atoms with Crippen LogP contribution in [-0.4, -0.2) is 16.9 Å². The topological polar surface area (TPSA) is 48.0 Å². The van der Waals surface area contributed by atoms with Crippen molar-refractivity contribution in [2.45, 2.75) is 58.3 Å². The zero-order valence-corrected chi connectivity index (χ0v) is 15.9. The number of hydrogen-bond acceptors (Lipinski definition) is 2. The van der Waals surface area contributed by atoms with Gasteiger partial charge in [-0.25, -0.2) is 0 Å². The fraction of sp³-hybridized carbons (Fsp3) is 0.500. The highest BCUT2D eigenvalue weighted by Gasteiger charge is 2.17. The van der Waals surface area contributed by atoms with E-state index in [2.05, 4.69) is 48.7 Å². The van der Waals surface area contributed by atoms with Gasteiger partial charge in [0.15, 0.2) is 5.78 Å². The van der Waals surface area contributed by atoms with Gasteiger partial charge < -0.3 is 10.3 Å². The second kappa shape index (κ2) is 9.57. The van der Waals surface area contributed by atoms with E-state index in [4.69, 9.17) is 5.73 Å². The average molecular weight is 341 g/mol. The van der Waals surface area contributed by atoms with E-state index in [-0.39, 0.29) is 5.78 Å². The molecule has 25 heavy (non-hydrogen) atoms. The first-order valence-electron chi connectivity index (χ1n) is 9.51. The van der Waals surface area contributed by atoms with E-state index in [1.165, 1.54) is 16.8 Å². The van der Waals surface area contributed by atoms with Crippen LogP contribution in [0, 0.1) is 6.92 Å². The maximum Gasteiger partial charge on any atom is 0.179 e. The van der Waals surface area contributed by atoms with Gasteiger partial charge in [-0.2, -0.15) is 0 Å². The third-order valence-electron chi connectivity index (χ3n) is 5.03. The van der Waals surface area contributed by atoms with Gasteiger partial charge in [-0.15, -0.1) is 0 Å². The Morgan fingerprint density at radius 3 is 2.48 bits per heavy atom. The van der Waals surface area contributed by atoms with Crippen molar-refractivity contribution in [3.05, 3.63) is 58.9 Å². The molecule has 1 atom stereocenters. The molecule has 0 spiro atoms. The monoisotopic (exact) mass is 340 g/mol. The quantitative estimate of drug-likeness (QED) is 0.500. The molecule has 0 aliphatic rings. The Morgan fingerprint density at radius 2 is 1.84 bits per heavy atom. The number of aryl methyl sites for hydroxylation is 2. The van der Waals surface area contributed by atoms with Gasteiger partial charge in [0, 0.05) is 31.6 Å². The van der Waals surface area contributed by atoms with Gasteiger partial charge in [-0.1, -0.05) is 43.2 Å². The van der Waals surface area contributed by atoms with Crippen molar-refractivity contribution in [1.29, 1.82) is 0 Å². The molecule has 1 heterocycles. The van der Waals surface area contributed by atoms with Crippen LogP contribution in [0.5, 0.6) is 0 Å². The van der Waals surface area contributed by atoms with E-state index in [1.54, 1.807) is 0 Å². The van der Waals surface area contributed by atoms with E-state index >= 15 is 0 Å². The number of Topliss-reactive ketones (excluding diaryl/α,β-unsaturated/α-hetero) is 1. The molecule has 1 aromatic carbocycles. The van der Waals surface area contributed by atoms with Gasteiger partial charge in [0.25, 0.3) is 0 Å². The number of rotatable bonds is 10. The molecule has 2 aromatic rings. The normalized spacial score (nSPS) is 12.3. The van der Waals surface area contributed by atoms with Gasteiger partial charge in [-0.3, -0.25) is 4.79 Å². The summed E-state index contributed by atoms with van der Waals surface area (Å²) in [4.78, 5) is 12.6. The molecule has 1 aromatic heterocycles. The van der Waals surface area contributed by atoms with Crippen molar-refractivity contribution < 1.29 is 4.79 Å². The number of carbonyl (C=O) groups excluding carboxylic acids is 1. The lowest BCUT2D eigenvalue weighted by atomic mass is 10.0. The predicted octanol–water partition coefficient (Wildman–Crippen LogP) is 4.77. The van der Waals surface area contributed by atoms with Crippen molar-refractivity contribution in [3.63, 3.8) is 0 Å². The molecule has 0 aliphatic heterocycles. The number of hydrogen-bond donors (Lipinski definition) is 1. The highest BCUT2D eigenvalue weighted by atomic mass is 16.1. The lowest BCUT2D eigenvalue weighted by molar-refractivity contribution is 0.0971. The predicted molar refractivity (Wildman–Crippen MR) is 105 cm³/mol. The first kappa shape index (κ1) is 19.5. The summed E-state index contributed by atoms with van der Waals surface area (Å²) in [6, 6.07) is 12.7. The highest BCUT2D eigenvalue weighted by molar-refractivity contribution is 5.94. The van der Waals surface area contributed by atoms with E-state index < -0.39 is 0 Å². The molecule has 0 saturated carbocycles. The van der Waals surface area contributed by atoms with Crippen molar-refractivity contribution in [2.75, 3.05) is 6.54 Å². The zero-order valence-electron chi connectivity index (χ0n) is 15.9. The molecule has 0 radical (unpaired) electrons. The Kier molecular flexibility index (Phi) is 7.45. The summed E-state index contributed by atoms with van der Waals surface area (Å²) in [6.45, 7) is 4.91. The highest BCUT2D eigenvalue weighted by Crippen LogP contribution is 2.23. The van der Waals surface area contributed by atoms with Crippen molar-refractivity contribution in [1.82, 2.24) is 4.57 Å². The number of benzene rings is 1. The van der Waals surface area contributed by atoms with Crippen LogP contribution in [-0.2, 0) is 13.5 Å². The summed E-state index contributed by atoms with van der Waals surface area (Å²) in [5.41, 5.74) is 10.6. The fourth-order valence-corrected chi connectivity index (χ4v) is 3.45. The summed E-state index contributed by atoms with van der Waals surface area (Å²) < 4.78 is 2.05. The van der Waals surface area contributed by atoms with Crippen molar-refractivity contribution in [3.8, 4) is 0 Å². The van der Waals surface area contributed by atoms with E-state index in [9.17, 15) is 4.79 Å². The van der Waals surface area contributed by atoms with Crippen LogP contribution >= 0.6 is 0 Å². The first-order valence-corrected chi connectivity index (χ1v) is 9.51. The minimum Gasteiger partial charge on any atom is -0.345 e. The largest absolute Gasteiger partial charge is 0.345 e. The van der Waals surface area contributed by atoms with E-state index in [1.807, 2.05) is 13.1 Å². The SMILES string of the molecule is CCC[C@@H](CN)c1ccc(C(=O)CCCCc2ccc(C)cc2)n1C. The van der Waals surface area contributed by atoms with Gasteiger partial charge in [-0.05, 0) is 50.3 Å². The Hall–Kier alpha value is -1.87. The summed E-state index contributed by atoms with van der Waals surface area (Å²) in [5.74, 6) is 0.586. The Balaban J connectivity index is 1.86. The van der Waals surface area contributed by atoms with Crippen LogP contribution in [0.3, 0.4) is 0 Å². The number of carbonyl (C=O) groups is 1. The average Bonchev–Trinajstić information content (AvgIpc) is 2.99. The molecular weight excluding hydrogens is 308 g/mol. The molecule has 2 rings (SSSR count). The minimum absolute atomic E-state index is 0.241. The molecule has 0 saturated heterocycles. The van der Waals surface area contributed by atoms with E-state index in [0.29, 0.717) is 18.9 Å². The molecular formula is C22H32N2O. The van der Waals surface area contributed by atoms with E-state index in [0.717, 1.165) is 37.8 Å². The van der Waals surface area contributed by atoms with Crippen molar-refractivity contribution in [2.24, 2.45) is 12.8 Å². The Bertz CT molecular complexity index is 670. The fourth-order valence-electron chi connectivity index (χ4n) is 3.45. The molecule has 136 valence electrons.